The Kier molecular flexibility index (Phi) is 10.0. The molecular weight excluding hydrogens is 574 g/mol. The van der Waals surface area contributed by atoms with Crippen LogP contribution in [0.4, 0.5) is 17.2 Å². The number of hydrogen-bond donors (Lipinski definition) is 2. The maximum absolute atomic E-state index is 13.2. The third-order valence-electron chi connectivity index (χ3n) is 9.19. The van der Waals surface area contributed by atoms with E-state index in [4.69, 9.17) is 4.98 Å². The second-order valence-electron chi connectivity index (χ2n) is 12.7. The zero-order valence-electron chi connectivity index (χ0n) is 27.7. The van der Waals surface area contributed by atoms with Crippen LogP contribution in [0.5, 0.6) is 0 Å². The fourth-order valence-corrected chi connectivity index (χ4v) is 6.03. The second-order valence-corrected chi connectivity index (χ2v) is 12.7. The summed E-state index contributed by atoms with van der Waals surface area (Å²) in [7, 11) is 1.69. The van der Waals surface area contributed by atoms with Gasteiger partial charge in [0.2, 0.25) is 0 Å². The maximum atomic E-state index is 13.2. The molecule has 1 aliphatic rings. The average Bonchev–Trinajstić information content (AvgIpc) is 3.05. The van der Waals surface area contributed by atoms with Gasteiger partial charge in [0.1, 0.15) is 0 Å². The molecule has 8 heteroatoms. The Labute approximate surface area is 271 Å². The van der Waals surface area contributed by atoms with E-state index in [0.717, 1.165) is 43.5 Å². The standard InChI is InChI=1S/C38H45N5O3/c1-6-8-24-43(23-7-2)36(45)28-15-19-30(20-16-28)39-34-37(46)42(5)25-33(40-34)31-11-9-12-32(26(31)3)41-35(44)27-13-17-29(18-14-27)38(4)21-10-22-38/h9,11-20,25H,6-8,10,21-24H2,1-5H3,(H,39,40)(H,41,44). The summed E-state index contributed by atoms with van der Waals surface area (Å²) in [6.07, 6.45) is 8.23. The van der Waals surface area contributed by atoms with Crippen LogP contribution in [0.2, 0.25) is 0 Å². The van der Waals surface area contributed by atoms with Crippen LogP contribution in [-0.2, 0) is 12.5 Å². The predicted molar refractivity (Wildman–Crippen MR) is 186 cm³/mol. The van der Waals surface area contributed by atoms with Crippen LogP contribution >= 0.6 is 0 Å². The van der Waals surface area contributed by atoms with Gasteiger partial charge in [0, 0.05) is 54.4 Å². The predicted octanol–water partition coefficient (Wildman–Crippen LogP) is 7.85. The first-order chi connectivity index (χ1) is 22.1. The molecule has 0 saturated heterocycles. The smallest absolute Gasteiger partial charge is 0.293 e. The SMILES string of the molecule is CCCCN(CCC)C(=O)c1ccc(Nc2nc(-c3cccc(NC(=O)c4ccc(C5(C)CCC5)cc4)c3C)cn(C)c2=O)cc1. The molecule has 46 heavy (non-hydrogen) atoms. The van der Waals surface area contributed by atoms with Crippen molar-refractivity contribution in [2.75, 3.05) is 23.7 Å². The lowest BCUT2D eigenvalue weighted by Crippen LogP contribution is -2.32. The lowest BCUT2D eigenvalue weighted by atomic mass is 9.66. The first kappa shape index (κ1) is 32.7. The van der Waals surface area contributed by atoms with E-state index in [1.807, 2.05) is 42.2 Å². The van der Waals surface area contributed by atoms with E-state index in [-0.39, 0.29) is 28.6 Å². The van der Waals surface area contributed by atoms with Crippen molar-refractivity contribution >= 4 is 29.0 Å². The van der Waals surface area contributed by atoms with E-state index >= 15 is 0 Å². The molecule has 1 fully saturated rings. The first-order valence-corrected chi connectivity index (χ1v) is 16.4. The van der Waals surface area contributed by atoms with Crippen molar-refractivity contribution < 1.29 is 9.59 Å². The Balaban J connectivity index is 1.33. The molecule has 0 spiro atoms. The molecule has 3 aromatic carbocycles. The highest BCUT2D eigenvalue weighted by molar-refractivity contribution is 6.05. The number of anilines is 3. The molecule has 0 atom stereocenters. The molecule has 0 bridgehead atoms. The zero-order chi connectivity index (χ0) is 32.8. The Bertz CT molecular complexity index is 1760. The third kappa shape index (κ3) is 7.06. The Morgan fingerprint density at radius 2 is 1.63 bits per heavy atom. The Morgan fingerprint density at radius 3 is 2.26 bits per heavy atom. The van der Waals surface area contributed by atoms with Crippen molar-refractivity contribution in [2.24, 2.45) is 7.05 Å². The summed E-state index contributed by atoms with van der Waals surface area (Å²) in [5.41, 5.74) is 6.02. The number of carbonyl (C=O) groups excluding carboxylic acids is 2. The molecule has 1 aliphatic carbocycles. The average molecular weight is 620 g/mol. The molecule has 8 nitrogen and oxygen atoms in total. The monoisotopic (exact) mass is 619 g/mol. The van der Waals surface area contributed by atoms with Gasteiger partial charge in [-0.1, -0.05) is 57.9 Å². The number of hydrogen-bond acceptors (Lipinski definition) is 5. The molecule has 2 amide bonds. The number of nitrogens with zero attached hydrogens (tertiary/aromatic N) is 3. The number of aryl methyl sites for hydroxylation is 1. The van der Waals surface area contributed by atoms with Crippen molar-refractivity contribution in [1.29, 1.82) is 0 Å². The highest BCUT2D eigenvalue weighted by Gasteiger charge is 2.33. The highest BCUT2D eigenvalue weighted by Crippen LogP contribution is 2.43. The number of rotatable bonds is 12. The molecule has 0 aliphatic heterocycles. The first-order valence-electron chi connectivity index (χ1n) is 16.4. The fourth-order valence-electron chi connectivity index (χ4n) is 6.03. The lowest BCUT2D eigenvalue weighted by Gasteiger charge is -2.39. The van der Waals surface area contributed by atoms with Gasteiger partial charge >= 0.3 is 0 Å². The van der Waals surface area contributed by atoms with Crippen LogP contribution in [0.1, 0.15) is 91.1 Å². The van der Waals surface area contributed by atoms with E-state index in [2.05, 4.69) is 43.5 Å². The van der Waals surface area contributed by atoms with Gasteiger partial charge in [0.25, 0.3) is 17.4 Å². The quantitative estimate of drug-likeness (QED) is 0.168. The van der Waals surface area contributed by atoms with Crippen LogP contribution in [0.15, 0.2) is 77.7 Å². The zero-order valence-corrected chi connectivity index (χ0v) is 27.7. The van der Waals surface area contributed by atoms with Gasteiger partial charge in [-0.2, -0.15) is 0 Å². The van der Waals surface area contributed by atoms with Gasteiger partial charge < -0.3 is 20.1 Å². The normalized spacial score (nSPS) is 13.5. The van der Waals surface area contributed by atoms with E-state index in [9.17, 15) is 14.4 Å². The van der Waals surface area contributed by atoms with Crippen molar-refractivity contribution in [1.82, 2.24) is 14.5 Å². The molecule has 1 saturated carbocycles. The summed E-state index contributed by atoms with van der Waals surface area (Å²) in [5.74, 6) is 0.00975. The molecule has 0 radical (unpaired) electrons. The molecule has 5 rings (SSSR count). The Morgan fingerprint density at radius 1 is 0.935 bits per heavy atom. The van der Waals surface area contributed by atoms with E-state index < -0.39 is 0 Å². The van der Waals surface area contributed by atoms with Gasteiger partial charge in [-0.25, -0.2) is 4.98 Å². The number of benzene rings is 3. The number of nitrogens with one attached hydrogen (secondary N) is 2. The summed E-state index contributed by atoms with van der Waals surface area (Å²) in [6.45, 7) is 9.88. The minimum Gasteiger partial charge on any atom is -0.339 e. The summed E-state index contributed by atoms with van der Waals surface area (Å²) in [6, 6.07) is 20.8. The van der Waals surface area contributed by atoms with Gasteiger partial charge in [-0.05, 0) is 91.6 Å². The number of carbonyl (C=O) groups is 2. The van der Waals surface area contributed by atoms with Gasteiger partial charge in [-0.15, -0.1) is 0 Å². The maximum Gasteiger partial charge on any atom is 0.293 e. The topological polar surface area (TPSA) is 96.3 Å². The number of aromatic nitrogens is 2. The molecule has 1 heterocycles. The number of unbranched alkanes of at least 4 members (excludes halogenated alkanes) is 1. The highest BCUT2D eigenvalue weighted by atomic mass is 16.2. The molecule has 2 N–H and O–H groups in total. The largest absolute Gasteiger partial charge is 0.339 e. The van der Waals surface area contributed by atoms with Gasteiger partial charge in [-0.3, -0.25) is 14.4 Å². The fraction of sp³-hybridized carbons (Fsp3) is 0.368. The minimum atomic E-state index is -0.279. The minimum absolute atomic E-state index is 0.0142. The van der Waals surface area contributed by atoms with Crippen molar-refractivity contribution in [3.8, 4) is 11.3 Å². The van der Waals surface area contributed by atoms with E-state index in [1.54, 1.807) is 37.5 Å². The van der Waals surface area contributed by atoms with Crippen LogP contribution in [-0.4, -0.2) is 39.4 Å². The summed E-state index contributed by atoms with van der Waals surface area (Å²) < 4.78 is 1.49. The van der Waals surface area contributed by atoms with Crippen LogP contribution in [0.25, 0.3) is 11.3 Å². The number of amides is 2. The molecular formula is C38H45N5O3. The molecule has 4 aromatic rings. The third-order valence-corrected chi connectivity index (χ3v) is 9.19. The van der Waals surface area contributed by atoms with E-state index in [0.29, 0.717) is 28.2 Å². The molecule has 1 aromatic heterocycles. The lowest BCUT2D eigenvalue weighted by molar-refractivity contribution is 0.0753. The summed E-state index contributed by atoms with van der Waals surface area (Å²) in [4.78, 5) is 46.0. The van der Waals surface area contributed by atoms with Crippen molar-refractivity contribution in [3.63, 3.8) is 0 Å². The summed E-state index contributed by atoms with van der Waals surface area (Å²) in [5, 5.41) is 6.21. The van der Waals surface area contributed by atoms with Crippen molar-refractivity contribution in [3.05, 3.63) is 106 Å². The van der Waals surface area contributed by atoms with Crippen LogP contribution in [0, 0.1) is 6.92 Å². The molecule has 240 valence electrons. The molecule has 0 unspecified atom stereocenters. The second kappa shape index (κ2) is 14.1. The van der Waals surface area contributed by atoms with Gasteiger partial charge in [0.05, 0.1) is 5.69 Å². The van der Waals surface area contributed by atoms with Crippen LogP contribution in [0.3, 0.4) is 0 Å². The van der Waals surface area contributed by atoms with E-state index in [1.165, 1.54) is 29.4 Å². The summed E-state index contributed by atoms with van der Waals surface area (Å²) >= 11 is 0. The Hall–Kier alpha value is -4.72. The van der Waals surface area contributed by atoms with Crippen molar-refractivity contribution in [2.45, 2.75) is 71.6 Å². The van der Waals surface area contributed by atoms with Crippen LogP contribution < -0.4 is 16.2 Å². The van der Waals surface area contributed by atoms with Gasteiger partial charge in [0.15, 0.2) is 5.82 Å².